The highest BCUT2D eigenvalue weighted by Gasteiger charge is 2.46. The Hall–Kier alpha value is -2.17. The van der Waals surface area contributed by atoms with Gasteiger partial charge in [0, 0.05) is 6.42 Å². The Balaban J connectivity index is 1.58. The molecule has 14 nitrogen and oxygen atoms in total. The summed E-state index contributed by atoms with van der Waals surface area (Å²) in [6.45, 7) is -0.850. The predicted molar refractivity (Wildman–Crippen MR) is 133 cm³/mol. The number of rotatable bonds is 10. The minimum Gasteiger partial charge on any atom is -0.387 e. The van der Waals surface area contributed by atoms with Gasteiger partial charge in [0.2, 0.25) is 5.28 Å². The molecule has 0 spiro atoms. The summed E-state index contributed by atoms with van der Waals surface area (Å²) in [6.07, 6.45) is -10.5. The van der Waals surface area contributed by atoms with E-state index in [9.17, 15) is 37.4 Å². The second kappa shape index (κ2) is 11.6. The first-order valence-electron chi connectivity index (χ1n) is 11.3. The molecule has 1 aromatic carbocycles. The maximum absolute atomic E-state index is 13.9. The Kier molecular flexibility index (Phi) is 8.93. The molecule has 6 atom stereocenters. The summed E-state index contributed by atoms with van der Waals surface area (Å²) in [5.74, 6) is -1.79. The Morgan fingerprint density at radius 1 is 1.12 bits per heavy atom. The van der Waals surface area contributed by atoms with Crippen molar-refractivity contribution in [3.05, 3.63) is 47.4 Å². The van der Waals surface area contributed by atoms with Crippen molar-refractivity contribution >= 4 is 43.6 Å². The number of halogens is 4. The van der Waals surface area contributed by atoms with E-state index < -0.39 is 76.2 Å². The van der Waals surface area contributed by atoms with Gasteiger partial charge in [-0.25, -0.2) is 4.68 Å². The number of aliphatic hydroxyl groups is 2. The Morgan fingerprint density at radius 2 is 1.80 bits per heavy atom. The molecule has 4 rings (SSSR count). The average Bonchev–Trinajstić information content (AvgIpc) is 3.36. The van der Waals surface area contributed by atoms with Crippen LogP contribution in [0.15, 0.2) is 36.5 Å². The van der Waals surface area contributed by atoms with E-state index in [1.54, 1.807) is 18.2 Å². The van der Waals surface area contributed by atoms with Crippen molar-refractivity contribution in [3.63, 3.8) is 0 Å². The van der Waals surface area contributed by atoms with Crippen LogP contribution in [0, 0.1) is 0 Å². The Labute approximate surface area is 228 Å². The lowest BCUT2D eigenvalue weighted by Gasteiger charge is -2.23. The highest BCUT2D eigenvalue weighted by atomic mass is 35.5. The molecular formula is C20H23ClF3N5O9P2. The van der Waals surface area contributed by atoms with Gasteiger partial charge in [-0.3, -0.25) is 9.13 Å². The molecule has 0 amide bonds. The maximum atomic E-state index is 13.9. The fraction of sp³-hybridized carbons (Fsp3) is 0.450. The number of ether oxygens (including phenoxy) is 1. The van der Waals surface area contributed by atoms with Gasteiger partial charge in [-0.2, -0.15) is 28.2 Å². The van der Waals surface area contributed by atoms with Gasteiger partial charge in [0.05, 0.1) is 18.2 Å². The molecule has 1 unspecified atom stereocenters. The summed E-state index contributed by atoms with van der Waals surface area (Å²) in [5.41, 5.74) is 0.234. The third-order valence-corrected chi connectivity index (χ3v) is 9.42. The van der Waals surface area contributed by atoms with Crippen molar-refractivity contribution in [2.24, 2.45) is 0 Å². The quantitative estimate of drug-likeness (QED) is 0.140. The van der Waals surface area contributed by atoms with Crippen LogP contribution in [0.5, 0.6) is 0 Å². The standard InChI is InChI=1S/C20H23ClF3N5O9P2/c21-19-27-16(26-13(20(22,23)24)6-10-4-2-1-3-5-10)11-7-25-29(17(11)28-19)18-15(31)14(30)12(38-18)8-37-40(35,36)9-39(32,33)34/h1-5,7,12-15,18,30-31H,6,8-9H2,(H,35,36)(H,26,27,28)(H2,32,33,34)/t12-,13-,14-,15-,18-/m1/s1. The van der Waals surface area contributed by atoms with Crippen LogP contribution < -0.4 is 5.32 Å². The third-order valence-electron chi connectivity index (χ3n) is 5.80. The molecule has 6 N–H and O–H groups in total. The van der Waals surface area contributed by atoms with E-state index in [4.69, 9.17) is 26.1 Å². The number of hydrogen-bond donors (Lipinski definition) is 6. The van der Waals surface area contributed by atoms with Crippen LogP contribution in [0.3, 0.4) is 0 Å². The molecule has 40 heavy (non-hydrogen) atoms. The van der Waals surface area contributed by atoms with Crippen molar-refractivity contribution in [2.75, 3.05) is 17.8 Å². The lowest BCUT2D eigenvalue weighted by atomic mass is 10.1. The van der Waals surface area contributed by atoms with Crippen molar-refractivity contribution < 1.29 is 56.5 Å². The number of hydrogen-bond acceptors (Lipinski definition) is 10. The zero-order valence-electron chi connectivity index (χ0n) is 20.0. The van der Waals surface area contributed by atoms with Crippen LogP contribution in [0.25, 0.3) is 11.0 Å². The molecule has 1 aliphatic rings. The number of alkyl halides is 3. The van der Waals surface area contributed by atoms with E-state index in [0.717, 1.165) is 10.9 Å². The highest BCUT2D eigenvalue weighted by molar-refractivity contribution is 7.70. The molecule has 1 aliphatic heterocycles. The topological polar surface area (TPSA) is 209 Å². The minimum absolute atomic E-state index is 0.0294. The molecule has 2 aromatic heterocycles. The van der Waals surface area contributed by atoms with Crippen LogP contribution in [0.1, 0.15) is 11.8 Å². The maximum Gasteiger partial charge on any atom is 0.408 e. The highest BCUT2D eigenvalue weighted by Crippen LogP contribution is 2.55. The van der Waals surface area contributed by atoms with Gasteiger partial charge in [-0.05, 0) is 17.2 Å². The Bertz CT molecular complexity index is 1440. The number of aliphatic hydroxyl groups excluding tert-OH is 2. The van der Waals surface area contributed by atoms with E-state index in [-0.39, 0.29) is 16.9 Å². The first-order chi connectivity index (χ1) is 18.5. The summed E-state index contributed by atoms with van der Waals surface area (Å²) in [7, 11) is -9.71. The second-order valence-corrected chi connectivity index (χ2v) is 13.2. The number of nitrogens with one attached hydrogen (secondary N) is 1. The number of nitrogens with zero attached hydrogens (tertiary/aromatic N) is 4. The molecule has 0 bridgehead atoms. The van der Waals surface area contributed by atoms with Crippen LogP contribution in [-0.2, 0) is 24.8 Å². The Morgan fingerprint density at radius 3 is 2.42 bits per heavy atom. The second-order valence-electron chi connectivity index (χ2n) is 8.88. The van der Waals surface area contributed by atoms with E-state index in [1.807, 2.05) is 0 Å². The summed E-state index contributed by atoms with van der Waals surface area (Å²) < 4.78 is 75.7. The molecule has 0 radical (unpaired) electrons. The molecule has 3 heterocycles. The van der Waals surface area contributed by atoms with Crippen molar-refractivity contribution in [1.82, 2.24) is 19.7 Å². The molecule has 20 heteroatoms. The monoisotopic (exact) mass is 631 g/mol. The molecule has 0 saturated carbocycles. The van der Waals surface area contributed by atoms with Gasteiger partial charge < -0.3 is 39.5 Å². The molecule has 220 valence electrons. The zero-order valence-corrected chi connectivity index (χ0v) is 22.6. The molecule has 1 fully saturated rings. The lowest BCUT2D eigenvalue weighted by molar-refractivity contribution is -0.142. The van der Waals surface area contributed by atoms with Crippen molar-refractivity contribution in [1.29, 1.82) is 0 Å². The zero-order chi connectivity index (χ0) is 29.5. The van der Waals surface area contributed by atoms with Crippen molar-refractivity contribution in [3.8, 4) is 0 Å². The minimum atomic E-state index is -4.91. The average molecular weight is 632 g/mol. The van der Waals surface area contributed by atoms with Gasteiger partial charge in [-0.1, -0.05) is 30.3 Å². The van der Waals surface area contributed by atoms with Gasteiger partial charge in [0.1, 0.15) is 30.2 Å². The summed E-state index contributed by atoms with van der Waals surface area (Å²) in [4.78, 5) is 35.3. The molecule has 1 saturated heterocycles. The smallest absolute Gasteiger partial charge is 0.387 e. The van der Waals surface area contributed by atoms with E-state index in [1.165, 1.54) is 12.1 Å². The van der Waals surface area contributed by atoms with E-state index >= 15 is 0 Å². The van der Waals surface area contributed by atoms with Crippen LogP contribution in [-0.4, -0.2) is 87.7 Å². The number of benzene rings is 1. The van der Waals surface area contributed by atoms with Gasteiger partial charge >= 0.3 is 21.4 Å². The van der Waals surface area contributed by atoms with E-state index in [2.05, 4.69) is 24.9 Å². The normalized spacial score (nSPS) is 24.2. The van der Waals surface area contributed by atoms with Crippen molar-refractivity contribution in [2.45, 2.75) is 43.2 Å². The molecule has 3 aromatic rings. The largest absolute Gasteiger partial charge is 0.408 e. The van der Waals surface area contributed by atoms with Crippen LogP contribution >= 0.6 is 26.8 Å². The number of aromatic nitrogens is 4. The van der Waals surface area contributed by atoms with Crippen LogP contribution in [0.4, 0.5) is 19.0 Å². The summed E-state index contributed by atoms with van der Waals surface area (Å²) >= 11 is 5.98. The number of fused-ring (bicyclic) bond motifs is 1. The first-order valence-corrected chi connectivity index (χ1v) is 15.3. The SMILES string of the molecule is O=P(O)(O)CP(=O)(O)OC[C@H]1O[C@@H](n2ncc3c(N[C@H](Cc4ccccc4)C(F)(F)F)nc(Cl)nc32)[C@H](O)[C@@H]1O. The molecular weight excluding hydrogens is 609 g/mol. The fourth-order valence-corrected chi connectivity index (χ4v) is 6.72. The van der Waals surface area contributed by atoms with Gasteiger partial charge in [-0.15, -0.1) is 0 Å². The fourth-order valence-electron chi connectivity index (χ4n) is 3.99. The van der Waals surface area contributed by atoms with E-state index in [0.29, 0.717) is 5.56 Å². The van der Waals surface area contributed by atoms with Gasteiger partial charge in [0.25, 0.3) is 0 Å². The first kappa shape index (κ1) is 30.8. The number of anilines is 1. The van der Waals surface area contributed by atoms with Gasteiger partial charge in [0.15, 0.2) is 17.8 Å². The summed E-state index contributed by atoms with van der Waals surface area (Å²) in [5, 5.41) is 26.7. The van der Waals surface area contributed by atoms with Crippen LogP contribution in [0.2, 0.25) is 5.28 Å². The third kappa shape index (κ3) is 7.36. The predicted octanol–water partition coefficient (Wildman–Crippen LogP) is 2.02. The summed E-state index contributed by atoms with van der Waals surface area (Å²) in [6, 6.07) is 5.86. The lowest BCUT2D eigenvalue weighted by Crippen LogP contribution is -2.38. The molecule has 0 aliphatic carbocycles.